The molecule has 10 nitrogen and oxygen atoms in total. The molecule has 1 saturated carbocycles. The lowest BCUT2D eigenvalue weighted by molar-refractivity contribution is -0.148. The Hall–Kier alpha value is -2.57. The van der Waals surface area contributed by atoms with E-state index in [1.807, 2.05) is 11.0 Å². The molecule has 5 atom stereocenters. The fraction of sp³-hybridized carbons (Fsp3) is 0.686. The van der Waals surface area contributed by atoms with Gasteiger partial charge in [-0.1, -0.05) is 53.0 Å². The molecule has 4 aliphatic rings. The summed E-state index contributed by atoms with van der Waals surface area (Å²) in [5, 5.41) is 25.7. The number of hydrogen-bond acceptors (Lipinski definition) is 11. The molecule has 1 saturated heterocycles. The van der Waals surface area contributed by atoms with Gasteiger partial charge in [-0.2, -0.15) is 0 Å². The van der Waals surface area contributed by atoms with Crippen LogP contribution in [0.1, 0.15) is 101 Å². The molecular weight excluding hydrogens is 637 g/mol. The third kappa shape index (κ3) is 10.5. The minimum Gasteiger partial charge on any atom is -0.504 e. The summed E-state index contributed by atoms with van der Waals surface area (Å²) in [5.41, 5.74) is 8.57. The van der Waals surface area contributed by atoms with Crippen molar-refractivity contribution in [3.8, 4) is 11.5 Å². The maximum atomic E-state index is 13.1. The van der Waals surface area contributed by atoms with Crippen LogP contribution in [0.3, 0.4) is 0 Å². The molecule has 12 heteroatoms. The monoisotopic (exact) mass is 688 g/mol. The number of phenols is 1. The first kappa shape index (κ1) is 35.7. The zero-order valence-corrected chi connectivity index (χ0v) is 29.3. The van der Waals surface area contributed by atoms with E-state index in [0.717, 1.165) is 68.2 Å². The quantitative estimate of drug-likeness (QED) is 0.220. The number of aliphatic hydroxyl groups is 1. The largest absolute Gasteiger partial charge is 0.504 e. The van der Waals surface area contributed by atoms with E-state index in [2.05, 4.69) is 22.5 Å². The van der Waals surface area contributed by atoms with Gasteiger partial charge in [0.1, 0.15) is 12.2 Å². The number of ether oxygens (including phenoxy) is 2. The summed E-state index contributed by atoms with van der Waals surface area (Å²) in [6, 6.07) is 1.99. The number of nitrogens with two attached hydrogens (primary N) is 1. The number of carbonyl (C=O) groups excluding carboxylic acids is 2. The molecule has 3 heterocycles. The summed E-state index contributed by atoms with van der Waals surface area (Å²) >= 11 is 0. The van der Waals surface area contributed by atoms with E-state index >= 15 is 0 Å². The van der Waals surface area contributed by atoms with E-state index < -0.39 is 12.2 Å². The number of aliphatic hydroxyl groups excluding tert-OH is 1. The average molecular weight is 689 g/mol. The summed E-state index contributed by atoms with van der Waals surface area (Å²) in [4.78, 5) is 31.4. The van der Waals surface area contributed by atoms with E-state index in [4.69, 9.17) is 15.2 Å². The van der Waals surface area contributed by atoms with Crippen LogP contribution >= 0.6 is 21.6 Å². The number of carbonyl (C=O) groups is 2. The lowest BCUT2D eigenvalue weighted by Gasteiger charge is -2.24. The first-order valence-electron chi connectivity index (χ1n) is 17.4. The third-order valence-electron chi connectivity index (χ3n) is 9.74. The van der Waals surface area contributed by atoms with Crippen LogP contribution < -0.4 is 15.8 Å². The predicted octanol–water partition coefficient (Wildman–Crippen LogP) is 5.53. The summed E-state index contributed by atoms with van der Waals surface area (Å²) < 4.78 is 12.2. The van der Waals surface area contributed by atoms with Gasteiger partial charge in [0, 0.05) is 62.2 Å². The summed E-state index contributed by atoms with van der Waals surface area (Å²) in [6.45, 7) is 2.96. The molecule has 47 heavy (non-hydrogen) atoms. The van der Waals surface area contributed by atoms with Gasteiger partial charge in [-0.3, -0.25) is 9.59 Å². The number of nitrogens with one attached hydrogen (secondary N) is 1. The van der Waals surface area contributed by atoms with Crippen molar-refractivity contribution in [2.24, 2.45) is 22.6 Å². The Labute approximate surface area is 287 Å². The number of esters is 1. The number of guanidine groups is 1. The Bertz CT molecular complexity index is 1290. The molecular formula is C35H52N4O6S2. The number of rotatable bonds is 1. The summed E-state index contributed by atoms with van der Waals surface area (Å²) in [6.07, 6.45) is 14.0. The van der Waals surface area contributed by atoms with Crippen molar-refractivity contribution in [1.29, 1.82) is 0 Å². The van der Waals surface area contributed by atoms with Gasteiger partial charge in [0.15, 0.2) is 17.5 Å². The lowest BCUT2D eigenvalue weighted by atomic mass is 9.93. The first-order chi connectivity index (χ1) is 22.8. The van der Waals surface area contributed by atoms with Crippen LogP contribution in [0.4, 0.5) is 0 Å². The van der Waals surface area contributed by atoms with Gasteiger partial charge in [-0.25, -0.2) is 4.99 Å². The van der Waals surface area contributed by atoms with Crippen LogP contribution in [-0.2, 0) is 27.3 Å². The van der Waals surface area contributed by atoms with Crippen molar-refractivity contribution in [2.45, 2.75) is 115 Å². The smallest absolute Gasteiger partial charge is 0.302 e. The highest BCUT2D eigenvalue weighted by Gasteiger charge is 2.34. The molecule has 260 valence electrons. The van der Waals surface area contributed by atoms with E-state index in [0.29, 0.717) is 80.8 Å². The number of phenolic OH excluding ortho intramolecular Hbond substituents is 1. The van der Waals surface area contributed by atoms with Gasteiger partial charge < -0.3 is 35.6 Å². The molecule has 0 radical (unpaired) electrons. The fourth-order valence-corrected chi connectivity index (χ4v) is 9.04. The molecule has 3 aliphatic heterocycles. The average Bonchev–Trinajstić information content (AvgIpc) is 3.57. The maximum absolute atomic E-state index is 13.1. The SMILES string of the molecule is CC(=O)OC1CCc2cc(c(O)c3c2C=CC2CCCC2O3)CN2CC(CCNC(N)=NCSSCCCCCCC(O)C1)CC2=O. The molecule has 5 rings (SSSR count). The van der Waals surface area contributed by atoms with Crippen LogP contribution in [0.2, 0.25) is 0 Å². The number of amides is 1. The van der Waals surface area contributed by atoms with Gasteiger partial charge >= 0.3 is 5.97 Å². The second kappa shape index (κ2) is 17.7. The van der Waals surface area contributed by atoms with Crippen LogP contribution in [0.5, 0.6) is 11.5 Å². The third-order valence-corrected chi connectivity index (χ3v) is 11.9. The van der Waals surface area contributed by atoms with E-state index in [-0.39, 0.29) is 29.6 Å². The zero-order chi connectivity index (χ0) is 33.2. The number of aryl methyl sites for hydroxylation is 1. The van der Waals surface area contributed by atoms with Crippen molar-refractivity contribution in [2.75, 3.05) is 24.7 Å². The molecule has 1 aromatic rings. The van der Waals surface area contributed by atoms with E-state index in [1.165, 1.54) is 6.92 Å². The predicted molar refractivity (Wildman–Crippen MR) is 189 cm³/mol. The van der Waals surface area contributed by atoms with Crippen molar-refractivity contribution < 1.29 is 29.3 Å². The Morgan fingerprint density at radius 1 is 1.11 bits per heavy atom. The topological polar surface area (TPSA) is 147 Å². The maximum Gasteiger partial charge on any atom is 0.302 e. The number of nitrogens with zero attached hydrogens (tertiary/aromatic N) is 2. The van der Waals surface area contributed by atoms with E-state index in [1.54, 1.807) is 21.6 Å². The Balaban J connectivity index is 1.37. The highest BCUT2D eigenvalue weighted by atomic mass is 33.1. The van der Waals surface area contributed by atoms with Gasteiger partial charge in [0.05, 0.1) is 12.0 Å². The molecule has 1 aliphatic carbocycles. The standard InChI is InChI=1S/C35H52N4O6S2/c1-23(40)44-29-12-10-26-18-27(33(43)34-30(26)13-11-25-7-6-9-31(25)45-34)21-39-20-24(17-32(39)42)14-15-37-35(36)38-22-47-46-16-5-3-2-4-8-28(41)19-29/h11,13,18,24-25,28-29,31,41,43H,2-10,12,14-17,19-22H2,1H3,(H3,36,37,38). The Morgan fingerprint density at radius 3 is 2.81 bits per heavy atom. The van der Waals surface area contributed by atoms with Crippen molar-refractivity contribution in [3.63, 3.8) is 0 Å². The highest BCUT2D eigenvalue weighted by molar-refractivity contribution is 8.76. The highest BCUT2D eigenvalue weighted by Crippen LogP contribution is 2.45. The van der Waals surface area contributed by atoms with Crippen LogP contribution in [0.15, 0.2) is 17.1 Å². The van der Waals surface area contributed by atoms with Gasteiger partial charge in [-0.05, 0) is 68.9 Å². The Kier molecular flexibility index (Phi) is 13.5. The molecule has 1 amide bonds. The van der Waals surface area contributed by atoms with Gasteiger partial charge in [0.25, 0.3) is 0 Å². The molecule has 4 bridgehead atoms. The number of aromatic hydroxyl groups is 1. The number of benzene rings is 1. The summed E-state index contributed by atoms with van der Waals surface area (Å²) in [7, 11) is 3.49. The molecule has 1 aromatic carbocycles. The van der Waals surface area contributed by atoms with Crippen molar-refractivity contribution >= 4 is 45.5 Å². The molecule has 5 unspecified atom stereocenters. The second-order valence-corrected chi connectivity index (χ2v) is 16.0. The fourth-order valence-electron chi connectivity index (χ4n) is 7.25. The minimum absolute atomic E-state index is 0.0121. The molecule has 2 fully saturated rings. The van der Waals surface area contributed by atoms with Crippen molar-refractivity contribution in [3.05, 3.63) is 28.8 Å². The van der Waals surface area contributed by atoms with Crippen LogP contribution in [-0.4, -0.2) is 76.0 Å². The number of aliphatic imine (C=N–C) groups is 1. The zero-order valence-electron chi connectivity index (χ0n) is 27.7. The Morgan fingerprint density at radius 2 is 1.96 bits per heavy atom. The second-order valence-electron chi connectivity index (χ2n) is 13.4. The van der Waals surface area contributed by atoms with Crippen LogP contribution in [0.25, 0.3) is 6.08 Å². The van der Waals surface area contributed by atoms with Crippen LogP contribution in [0, 0.1) is 11.8 Å². The minimum atomic E-state index is -0.552. The number of hydrogen-bond donors (Lipinski definition) is 4. The molecule has 0 aromatic heterocycles. The van der Waals surface area contributed by atoms with Gasteiger partial charge in [-0.15, -0.1) is 0 Å². The summed E-state index contributed by atoms with van der Waals surface area (Å²) in [5.74, 6) is 2.83. The normalized spacial score (nSPS) is 28.6. The molecule has 5 N–H and O–H groups in total. The lowest BCUT2D eigenvalue weighted by Crippen LogP contribution is -2.33. The number of fused-ring (bicyclic) bond motifs is 7. The van der Waals surface area contributed by atoms with Gasteiger partial charge in [0.2, 0.25) is 5.91 Å². The van der Waals surface area contributed by atoms with Crippen molar-refractivity contribution in [1.82, 2.24) is 10.2 Å². The van der Waals surface area contributed by atoms with E-state index in [9.17, 15) is 19.8 Å². The first-order valence-corrected chi connectivity index (χ1v) is 19.9. The molecule has 0 spiro atoms.